The largest absolute Gasteiger partial charge is 0.493 e. The van der Waals surface area contributed by atoms with Crippen LogP contribution >= 0.6 is 12.2 Å². The van der Waals surface area contributed by atoms with E-state index in [9.17, 15) is 9.59 Å². The van der Waals surface area contributed by atoms with Gasteiger partial charge in [0, 0.05) is 6.54 Å². The van der Waals surface area contributed by atoms with Crippen molar-refractivity contribution in [3.63, 3.8) is 0 Å². The van der Waals surface area contributed by atoms with E-state index in [0.717, 1.165) is 11.3 Å². The topological polar surface area (TPSA) is 58.6 Å². The fourth-order valence-corrected chi connectivity index (χ4v) is 2.33. The van der Waals surface area contributed by atoms with E-state index in [1.807, 2.05) is 12.1 Å². The highest BCUT2D eigenvalue weighted by molar-refractivity contribution is 7.80. The molecule has 6 heteroatoms. The average Bonchev–Trinajstić information content (AvgIpc) is 2.54. The minimum Gasteiger partial charge on any atom is -0.493 e. The molecule has 1 heterocycles. The number of nitrogens with one attached hydrogen (secondary N) is 1. The SMILES string of the molecule is C=CCN1C(=O)/C(=C/c2ccc(OCC(C)C)cc2)C(=O)NC1=S. The smallest absolute Gasteiger partial charge is 0.265 e. The molecule has 2 amide bonds. The van der Waals surface area contributed by atoms with Crippen LogP contribution in [-0.4, -0.2) is 35.0 Å². The molecule has 0 radical (unpaired) electrons. The molecule has 1 aliphatic heterocycles. The monoisotopic (exact) mass is 344 g/mol. The van der Waals surface area contributed by atoms with E-state index in [0.29, 0.717) is 12.5 Å². The number of carbonyl (C=O) groups is 2. The first-order chi connectivity index (χ1) is 11.4. The summed E-state index contributed by atoms with van der Waals surface area (Å²) < 4.78 is 5.61. The molecule has 1 fully saturated rings. The molecule has 0 unspecified atom stereocenters. The van der Waals surface area contributed by atoms with Crippen LogP contribution < -0.4 is 10.1 Å². The van der Waals surface area contributed by atoms with Crippen molar-refractivity contribution in [3.8, 4) is 5.75 Å². The van der Waals surface area contributed by atoms with Crippen LogP contribution in [0.4, 0.5) is 0 Å². The van der Waals surface area contributed by atoms with Gasteiger partial charge in [0.25, 0.3) is 11.8 Å². The maximum Gasteiger partial charge on any atom is 0.265 e. The van der Waals surface area contributed by atoms with Crippen LogP contribution in [0.5, 0.6) is 5.75 Å². The van der Waals surface area contributed by atoms with E-state index in [4.69, 9.17) is 17.0 Å². The van der Waals surface area contributed by atoms with Crippen LogP contribution in [0.1, 0.15) is 19.4 Å². The van der Waals surface area contributed by atoms with Crippen molar-refractivity contribution < 1.29 is 14.3 Å². The molecule has 0 bridgehead atoms. The molecule has 5 nitrogen and oxygen atoms in total. The second kappa shape index (κ2) is 7.88. The van der Waals surface area contributed by atoms with Gasteiger partial charge in [-0.2, -0.15) is 0 Å². The molecule has 2 rings (SSSR count). The zero-order valence-electron chi connectivity index (χ0n) is 13.7. The number of benzene rings is 1. The lowest BCUT2D eigenvalue weighted by molar-refractivity contribution is -0.128. The van der Waals surface area contributed by atoms with Gasteiger partial charge in [-0.1, -0.05) is 32.1 Å². The lowest BCUT2D eigenvalue weighted by Crippen LogP contribution is -2.53. The molecule has 1 aliphatic rings. The molecule has 1 aromatic rings. The highest BCUT2D eigenvalue weighted by Gasteiger charge is 2.32. The van der Waals surface area contributed by atoms with Crippen LogP contribution in [0.3, 0.4) is 0 Å². The summed E-state index contributed by atoms with van der Waals surface area (Å²) in [6, 6.07) is 7.22. The van der Waals surface area contributed by atoms with Crippen molar-refractivity contribution in [1.29, 1.82) is 0 Å². The lowest BCUT2D eigenvalue weighted by Gasteiger charge is -2.27. The number of carbonyl (C=O) groups excluding carboxylic acids is 2. The first-order valence-corrected chi connectivity index (χ1v) is 8.06. The van der Waals surface area contributed by atoms with Crippen molar-refractivity contribution in [2.45, 2.75) is 13.8 Å². The van der Waals surface area contributed by atoms with Crippen molar-refractivity contribution in [2.24, 2.45) is 5.92 Å². The standard InChI is InChI=1S/C18H20N2O3S/c1-4-9-20-17(22)15(16(21)19-18(20)24)10-13-5-7-14(8-6-13)23-11-12(2)3/h4-8,10,12H,1,9,11H2,2-3H3,(H,19,21,24)/b15-10+. The Morgan fingerprint density at radius 2 is 1.96 bits per heavy atom. The number of hydrogen-bond donors (Lipinski definition) is 1. The summed E-state index contributed by atoms with van der Waals surface area (Å²) in [7, 11) is 0. The van der Waals surface area contributed by atoms with Crippen LogP contribution in [0.2, 0.25) is 0 Å². The van der Waals surface area contributed by atoms with E-state index in [1.165, 1.54) is 4.90 Å². The van der Waals surface area contributed by atoms with Crippen molar-refractivity contribution in [3.05, 3.63) is 48.1 Å². The molecule has 1 saturated heterocycles. The molecule has 0 spiro atoms. The Labute approximate surface area is 147 Å². The zero-order chi connectivity index (χ0) is 17.7. The van der Waals surface area contributed by atoms with Crippen molar-refractivity contribution in [1.82, 2.24) is 10.2 Å². The third kappa shape index (κ3) is 4.29. The second-order valence-corrected chi connectivity index (χ2v) is 6.18. The Kier molecular flexibility index (Phi) is 5.87. The van der Waals surface area contributed by atoms with Gasteiger partial charge in [-0.05, 0) is 41.9 Å². The molecule has 0 aliphatic carbocycles. The van der Waals surface area contributed by atoms with Gasteiger partial charge in [0.1, 0.15) is 11.3 Å². The summed E-state index contributed by atoms with van der Waals surface area (Å²) in [6.07, 6.45) is 3.10. The maximum absolute atomic E-state index is 12.4. The zero-order valence-corrected chi connectivity index (χ0v) is 14.6. The van der Waals surface area contributed by atoms with Crippen LogP contribution in [-0.2, 0) is 9.59 Å². The molecule has 126 valence electrons. The van der Waals surface area contributed by atoms with Gasteiger partial charge < -0.3 is 4.74 Å². The van der Waals surface area contributed by atoms with E-state index in [2.05, 4.69) is 25.7 Å². The number of rotatable bonds is 6. The third-order valence-electron chi connectivity index (χ3n) is 3.27. The van der Waals surface area contributed by atoms with Gasteiger partial charge in [0.15, 0.2) is 5.11 Å². The van der Waals surface area contributed by atoms with Crippen molar-refractivity contribution >= 4 is 35.2 Å². The summed E-state index contributed by atoms with van der Waals surface area (Å²) in [6.45, 7) is 8.62. The van der Waals surface area contributed by atoms with Gasteiger partial charge in [-0.15, -0.1) is 6.58 Å². The van der Waals surface area contributed by atoms with E-state index in [1.54, 1.807) is 24.3 Å². The van der Waals surface area contributed by atoms with Gasteiger partial charge >= 0.3 is 0 Å². The minimum absolute atomic E-state index is 0.0429. The summed E-state index contributed by atoms with van der Waals surface area (Å²) in [5, 5.41) is 2.61. The number of ether oxygens (including phenoxy) is 1. The summed E-state index contributed by atoms with van der Waals surface area (Å²) in [4.78, 5) is 25.8. The Balaban J connectivity index is 2.19. The summed E-state index contributed by atoms with van der Waals surface area (Å²) in [5.41, 5.74) is 0.776. The fourth-order valence-electron chi connectivity index (χ4n) is 2.08. The Hall–Kier alpha value is -2.47. The third-order valence-corrected chi connectivity index (χ3v) is 3.59. The van der Waals surface area contributed by atoms with Crippen LogP contribution in [0.15, 0.2) is 42.5 Å². The molecular weight excluding hydrogens is 324 g/mol. The molecule has 0 atom stereocenters. The predicted octanol–water partition coefficient (Wildman–Crippen LogP) is 2.53. The summed E-state index contributed by atoms with van der Waals surface area (Å²) >= 11 is 5.01. The maximum atomic E-state index is 12.4. The Morgan fingerprint density at radius 3 is 2.54 bits per heavy atom. The molecule has 1 aromatic carbocycles. The number of nitrogens with zero attached hydrogens (tertiary/aromatic N) is 1. The molecule has 24 heavy (non-hydrogen) atoms. The predicted molar refractivity (Wildman–Crippen MR) is 97.4 cm³/mol. The molecule has 1 N–H and O–H groups in total. The lowest BCUT2D eigenvalue weighted by atomic mass is 10.1. The van der Waals surface area contributed by atoms with E-state index < -0.39 is 11.8 Å². The van der Waals surface area contributed by atoms with Crippen LogP contribution in [0, 0.1) is 5.92 Å². The molecule has 0 aromatic heterocycles. The van der Waals surface area contributed by atoms with Gasteiger partial charge in [0.05, 0.1) is 6.61 Å². The van der Waals surface area contributed by atoms with E-state index in [-0.39, 0.29) is 17.2 Å². The fraction of sp³-hybridized carbons (Fsp3) is 0.278. The molecular formula is C18H20N2O3S. The first-order valence-electron chi connectivity index (χ1n) is 7.65. The first kappa shape index (κ1) is 17.9. The number of thiocarbonyl (C=S) groups is 1. The average molecular weight is 344 g/mol. The highest BCUT2D eigenvalue weighted by atomic mass is 32.1. The second-order valence-electron chi connectivity index (χ2n) is 5.80. The van der Waals surface area contributed by atoms with Crippen LogP contribution in [0.25, 0.3) is 6.08 Å². The highest BCUT2D eigenvalue weighted by Crippen LogP contribution is 2.18. The van der Waals surface area contributed by atoms with Gasteiger partial charge in [0.2, 0.25) is 0 Å². The van der Waals surface area contributed by atoms with E-state index >= 15 is 0 Å². The quantitative estimate of drug-likeness (QED) is 0.373. The Bertz CT molecular complexity index is 693. The minimum atomic E-state index is -0.495. The Morgan fingerprint density at radius 1 is 1.29 bits per heavy atom. The number of amides is 2. The van der Waals surface area contributed by atoms with Gasteiger partial charge in [-0.25, -0.2) is 0 Å². The summed E-state index contributed by atoms with van der Waals surface area (Å²) in [5.74, 6) is 0.268. The normalized spacial score (nSPS) is 16.5. The van der Waals surface area contributed by atoms with Crippen molar-refractivity contribution in [2.75, 3.05) is 13.2 Å². The van der Waals surface area contributed by atoms with Gasteiger partial charge in [-0.3, -0.25) is 19.8 Å². The number of hydrogen-bond acceptors (Lipinski definition) is 4. The molecule has 0 saturated carbocycles.